The van der Waals surface area contributed by atoms with Crippen molar-refractivity contribution in [2.24, 2.45) is 0 Å². The molecule has 0 saturated carbocycles. The van der Waals surface area contributed by atoms with Crippen LogP contribution in [0.2, 0.25) is 0 Å². The summed E-state index contributed by atoms with van der Waals surface area (Å²) in [6.07, 6.45) is 4.00. The van der Waals surface area contributed by atoms with Gasteiger partial charge in [-0.05, 0) is 77.2 Å². The van der Waals surface area contributed by atoms with E-state index in [1.54, 1.807) is 0 Å². The molecule has 1 aliphatic rings. The van der Waals surface area contributed by atoms with Crippen LogP contribution in [-0.2, 0) is 11.2 Å². The normalized spacial score (nSPS) is 19.0. The highest BCUT2D eigenvalue weighted by molar-refractivity contribution is 5.68. The fourth-order valence-corrected chi connectivity index (χ4v) is 3.04. The van der Waals surface area contributed by atoms with Crippen molar-refractivity contribution in [3.8, 4) is 0 Å². The number of hydrogen-bond donors (Lipinski definition) is 2. The lowest BCUT2D eigenvalue weighted by Crippen LogP contribution is -2.49. The van der Waals surface area contributed by atoms with Gasteiger partial charge in [0.25, 0.3) is 0 Å². The molecule has 5 heteroatoms. The molecule has 0 aliphatic carbocycles. The van der Waals surface area contributed by atoms with Crippen molar-refractivity contribution in [3.05, 3.63) is 29.8 Å². The molecule has 24 heavy (non-hydrogen) atoms. The second-order valence-corrected chi connectivity index (χ2v) is 7.63. The summed E-state index contributed by atoms with van der Waals surface area (Å²) in [7, 11) is 0. The van der Waals surface area contributed by atoms with Gasteiger partial charge in [-0.25, -0.2) is 4.79 Å². The zero-order valence-corrected chi connectivity index (χ0v) is 15.2. The molecule has 1 heterocycles. The quantitative estimate of drug-likeness (QED) is 0.812. The predicted molar refractivity (Wildman–Crippen MR) is 98.0 cm³/mol. The molecule has 0 spiro atoms. The van der Waals surface area contributed by atoms with Crippen LogP contribution in [0, 0.1) is 0 Å². The number of carbonyl (C=O) groups is 1. The Labute approximate surface area is 145 Å². The number of nitrogens with zero attached hydrogens (tertiary/aromatic N) is 1. The van der Waals surface area contributed by atoms with Gasteiger partial charge in [-0.3, -0.25) is 0 Å². The Bertz CT molecular complexity index is 522. The Balaban J connectivity index is 1.70. The summed E-state index contributed by atoms with van der Waals surface area (Å²) in [5, 5.41) is 3.00. The molecule has 0 radical (unpaired) electrons. The van der Waals surface area contributed by atoms with Crippen molar-refractivity contribution in [2.75, 3.05) is 25.4 Å². The lowest BCUT2D eigenvalue weighted by Gasteiger charge is -2.33. The summed E-state index contributed by atoms with van der Waals surface area (Å²) in [6.45, 7) is 8.72. The van der Waals surface area contributed by atoms with Crippen molar-refractivity contribution in [1.29, 1.82) is 0 Å². The molecule has 5 nitrogen and oxygen atoms in total. The molecular weight excluding hydrogens is 302 g/mol. The molecule has 3 N–H and O–H groups in total. The molecule has 1 saturated heterocycles. The van der Waals surface area contributed by atoms with E-state index in [0.717, 1.165) is 51.0 Å². The number of ether oxygens (including phenoxy) is 1. The number of nitrogens with one attached hydrogen (secondary N) is 1. The van der Waals surface area contributed by atoms with Crippen LogP contribution in [0.25, 0.3) is 0 Å². The van der Waals surface area contributed by atoms with Crippen molar-refractivity contribution >= 4 is 11.8 Å². The first-order valence-electron chi connectivity index (χ1n) is 8.88. The van der Waals surface area contributed by atoms with Gasteiger partial charge in [0, 0.05) is 18.3 Å². The summed E-state index contributed by atoms with van der Waals surface area (Å²) in [4.78, 5) is 14.3. The third kappa shape index (κ3) is 6.79. The van der Waals surface area contributed by atoms with Crippen LogP contribution in [0.4, 0.5) is 10.5 Å². The van der Waals surface area contributed by atoms with Crippen LogP contribution < -0.4 is 11.1 Å². The second-order valence-electron chi connectivity index (χ2n) is 7.63. The van der Waals surface area contributed by atoms with Gasteiger partial charge in [0.1, 0.15) is 5.60 Å². The summed E-state index contributed by atoms with van der Waals surface area (Å²) in [5.41, 5.74) is 7.40. The molecule has 1 aromatic carbocycles. The van der Waals surface area contributed by atoms with E-state index < -0.39 is 5.60 Å². The molecular formula is C19H31N3O2. The maximum Gasteiger partial charge on any atom is 0.407 e. The molecule has 134 valence electrons. The van der Waals surface area contributed by atoms with E-state index in [0.29, 0.717) is 0 Å². The molecule has 1 aromatic rings. The Morgan fingerprint density at radius 1 is 1.33 bits per heavy atom. The number of amides is 1. The standard InChI is InChI=1S/C19H31N3O2/c1-19(2,3)24-18(23)21-17-7-5-13-22(14-17)12-4-6-15-8-10-16(20)11-9-15/h8-11,17H,4-7,12-14,20H2,1-3H3,(H,21,23)/t17-/m0/s1. The summed E-state index contributed by atoms with van der Waals surface area (Å²) in [6, 6.07) is 8.29. The molecule has 0 bridgehead atoms. The molecule has 0 aromatic heterocycles. The van der Waals surface area contributed by atoms with E-state index >= 15 is 0 Å². The zero-order valence-electron chi connectivity index (χ0n) is 15.2. The van der Waals surface area contributed by atoms with Crippen molar-refractivity contribution in [1.82, 2.24) is 10.2 Å². The average molecular weight is 333 g/mol. The lowest BCUT2D eigenvalue weighted by atomic mass is 10.0. The van der Waals surface area contributed by atoms with Gasteiger partial charge in [0.05, 0.1) is 0 Å². The first-order chi connectivity index (χ1) is 11.3. The van der Waals surface area contributed by atoms with Crippen LogP contribution >= 0.6 is 0 Å². The molecule has 1 amide bonds. The van der Waals surface area contributed by atoms with Crippen molar-refractivity contribution in [3.63, 3.8) is 0 Å². The van der Waals surface area contributed by atoms with Crippen LogP contribution in [0.1, 0.15) is 45.6 Å². The third-order valence-corrected chi connectivity index (χ3v) is 4.15. The number of aryl methyl sites for hydroxylation is 1. The van der Waals surface area contributed by atoms with E-state index in [1.807, 2.05) is 32.9 Å². The van der Waals surface area contributed by atoms with Gasteiger partial charge >= 0.3 is 6.09 Å². The zero-order chi connectivity index (χ0) is 17.6. The first kappa shape index (κ1) is 18.6. The van der Waals surface area contributed by atoms with Crippen molar-refractivity contribution in [2.45, 2.75) is 58.1 Å². The summed E-state index contributed by atoms with van der Waals surface area (Å²) < 4.78 is 5.35. The van der Waals surface area contributed by atoms with Gasteiger partial charge in [-0.1, -0.05) is 12.1 Å². The lowest BCUT2D eigenvalue weighted by molar-refractivity contribution is 0.0472. The number of alkyl carbamates (subject to hydrolysis) is 1. The monoisotopic (exact) mass is 333 g/mol. The average Bonchev–Trinajstić information content (AvgIpc) is 2.48. The van der Waals surface area contributed by atoms with Crippen LogP contribution in [0.3, 0.4) is 0 Å². The van der Waals surface area contributed by atoms with Gasteiger partial charge in [0.2, 0.25) is 0 Å². The van der Waals surface area contributed by atoms with Gasteiger partial charge in [-0.2, -0.15) is 0 Å². The van der Waals surface area contributed by atoms with Crippen molar-refractivity contribution < 1.29 is 9.53 Å². The first-order valence-corrected chi connectivity index (χ1v) is 8.88. The largest absolute Gasteiger partial charge is 0.444 e. The van der Waals surface area contributed by atoms with Gasteiger partial charge < -0.3 is 20.7 Å². The molecule has 2 rings (SSSR count). The number of piperidine rings is 1. The minimum atomic E-state index is -0.447. The van der Waals surface area contributed by atoms with E-state index in [4.69, 9.17) is 10.5 Å². The second kappa shape index (κ2) is 8.38. The SMILES string of the molecule is CC(C)(C)OC(=O)N[C@H]1CCCN(CCCc2ccc(N)cc2)C1. The Morgan fingerprint density at radius 2 is 2.04 bits per heavy atom. The number of nitrogen functional groups attached to an aromatic ring is 1. The fourth-order valence-electron chi connectivity index (χ4n) is 3.04. The molecule has 1 atom stereocenters. The van der Waals surface area contributed by atoms with Crippen LogP contribution in [0.5, 0.6) is 0 Å². The summed E-state index contributed by atoms with van der Waals surface area (Å²) in [5.74, 6) is 0. The minimum absolute atomic E-state index is 0.185. The minimum Gasteiger partial charge on any atom is -0.444 e. The number of benzene rings is 1. The van der Waals surface area contributed by atoms with E-state index in [2.05, 4.69) is 22.3 Å². The Hall–Kier alpha value is -1.75. The van der Waals surface area contributed by atoms with E-state index in [9.17, 15) is 4.79 Å². The fraction of sp³-hybridized carbons (Fsp3) is 0.632. The highest BCUT2D eigenvalue weighted by Gasteiger charge is 2.23. The van der Waals surface area contributed by atoms with Crippen LogP contribution in [-0.4, -0.2) is 42.3 Å². The number of nitrogens with two attached hydrogens (primary N) is 1. The third-order valence-electron chi connectivity index (χ3n) is 4.15. The van der Waals surface area contributed by atoms with Gasteiger partial charge in [-0.15, -0.1) is 0 Å². The van der Waals surface area contributed by atoms with Gasteiger partial charge in [0.15, 0.2) is 0 Å². The smallest absolute Gasteiger partial charge is 0.407 e. The number of hydrogen-bond acceptors (Lipinski definition) is 4. The Morgan fingerprint density at radius 3 is 2.71 bits per heavy atom. The number of carbonyl (C=O) groups excluding carboxylic acids is 1. The molecule has 1 aliphatic heterocycles. The number of anilines is 1. The highest BCUT2D eigenvalue weighted by atomic mass is 16.6. The van der Waals surface area contributed by atoms with Crippen LogP contribution in [0.15, 0.2) is 24.3 Å². The number of likely N-dealkylation sites (tertiary alicyclic amines) is 1. The number of rotatable bonds is 5. The summed E-state index contributed by atoms with van der Waals surface area (Å²) >= 11 is 0. The molecule has 0 unspecified atom stereocenters. The maximum absolute atomic E-state index is 11.9. The molecule has 1 fully saturated rings. The topological polar surface area (TPSA) is 67.6 Å². The predicted octanol–water partition coefficient (Wildman–Crippen LogP) is 3.19. The highest BCUT2D eigenvalue weighted by Crippen LogP contribution is 2.14. The maximum atomic E-state index is 11.9. The van der Waals surface area contributed by atoms with E-state index in [-0.39, 0.29) is 12.1 Å². The Kier molecular flexibility index (Phi) is 6.49. The van der Waals surface area contributed by atoms with E-state index in [1.165, 1.54) is 5.56 Å².